The first-order valence-electron chi connectivity index (χ1n) is 5.26. The molecule has 1 heterocycles. The molecule has 17 heavy (non-hydrogen) atoms. The molecule has 4 nitrogen and oxygen atoms in total. The van der Waals surface area contributed by atoms with Gasteiger partial charge in [0, 0.05) is 11.6 Å². The van der Waals surface area contributed by atoms with Gasteiger partial charge in [-0.25, -0.2) is 0 Å². The van der Waals surface area contributed by atoms with Crippen molar-refractivity contribution in [2.24, 2.45) is 5.73 Å². The first kappa shape index (κ1) is 11.6. The molecule has 1 aromatic carbocycles. The van der Waals surface area contributed by atoms with Crippen LogP contribution in [-0.4, -0.2) is 23.2 Å². The van der Waals surface area contributed by atoms with Gasteiger partial charge in [0.15, 0.2) is 5.11 Å². The van der Waals surface area contributed by atoms with Gasteiger partial charge >= 0.3 is 0 Å². The Labute approximate surface area is 105 Å². The molecule has 0 radical (unpaired) electrons. The number of thiocarbonyl (C=S) groups is 1. The summed E-state index contributed by atoms with van der Waals surface area (Å²) < 4.78 is 5.56. The topological polar surface area (TPSA) is 60.2 Å². The minimum absolute atomic E-state index is 0.288. The molecule has 88 valence electrons. The maximum Gasteiger partial charge on any atom is 0.163 e. The van der Waals surface area contributed by atoms with Crippen molar-refractivity contribution in [3.05, 3.63) is 36.5 Å². The highest BCUT2D eigenvalue weighted by molar-refractivity contribution is 7.80. The van der Waals surface area contributed by atoms with E-state index in [0.29, 0.717) is 13.2 Å². The van der Waals surface area contributed by atoms with Gasteiger partial charge in [-0.3, -0.25) is 4.98 Å². The van der Waals surface area contributed by atoms with Gasteiger partial charge in [0.25, 0.3) is 0 Å². The Morgan fingerprint density at radius 2 is 2.29 bits per heavy atom. The van der Waals surface area contributed by atoms with E-state index in [-0.39, 0.29) is 5.11 Å². The molecule has 0 atom stereocenters. The second kappa shape index (κ2) is 5.45. The average Bonchev–Trinajstić information content (AvgIpc) is 2.34. The van der Waals surface area contributed by atoms with Gasteiger partial charge in [0.05, 0.1) is 12.1 Å². The number of ether oxygens (including phenoxy) is 1. The number of fused-ring (bicyclic) bond motifs is 1. The largest absolute Gasteiger partial charge is 0.492 e. The number of aromatic nitrogens is 1. The van der Waals surface area contributed by atoms with Crippen molar-refractivity contribution < 1.29 is 4.74 Å². The van der Waals surface area contributed by atoms with Crippen molar-refractivity contribution in [3.8, 4) is 5.75 Å². The first-order valence-corrected chi connectivity index (χ1v) is 5.67. The molecule has 2 rings (SSSR count). The van der Waals surface area contributed by atoms with E-state index in [0.717, 1.165) is 16.7 Å². The lowest BCUT2D eigenvalue weighted by Gasteiger charge is -2.07. The molecule has 0 unspecified atom stereocenters. The van der Waals surface area contributed by atoms with Crippen molar-refractivity contribution in [2.75, 3.05) is 13.2 Å². The van der Waals surface area contributed by atoms with Crippen molar-refractivity contribution >= 4 is 28.2 Å². The zero-order chi connectivity index (χ0) is 12.1. The lowest BCUT2D eigenvalue weighted by Crippen LogP contribution is -2.32. The van der Waals surface area contributed by atoms with Crippen LogP contribution in [0.3, 0.4) is 0 Å². The highest BCUT2D eigenvalue weighted by Gasteiger charge is 1.97. The molecule has 0 saturated carbocycles. The van der Waals surface area contributed by atoms with E-state index >= 15 is 0 Å². The minimum Gasteiger partial charge on any atom is -0.492 e. The summed E-state index contributed by atoms with van der Waals surface area (Å²) in [5, 5.41) is 4.18. The van der Waals surface area contributed by atoms with Crippen LogP contribution in [0.5, 0.6) is 5.75 Å². The third-order valence-electron chi connectivity index (χ3n) is 2.24. The normalized spacial score (nSPS) is 10.1. The highest BCUT2D eigenvalue weighted by atomic mass is 32.1. The summed E-state index contributed by atoms with van der Waals surface area (Å²) in [4.78, 5) is 4.24. The van der Waals surface area contributed by atoms with Crippen molar-refractivity contribution in [3.63, 3.8) is 0 Å². The van der Waals surface area contributed by atoms with Crippen molar-refractivity contribution in [2.45, 2.75) is 0 Å². The third-order valence-corrected chi connectivity index (χ3v) is 2.39. The Balaban J connectivity index is 1.97. The maximum absolute atomic E-state index is 5.56. The summed E-state index contributed by atoms with van der Waals surface area (Å²) in [6.45, 7) is 1.11. The minimum atomic E-state index is 0.288. The Kier molecular flexibility index (Phi) is 3.72. The standard InChI is InChI=1S/C12H13N3OS/c13-12(17)15-6-7-16-10-3-4-11-9(8-10)2-1-5-14-11/h1-5,8H,6-7H2,(H3,13,15,17). The molecule has 0 fully saturated rings. The number of benzene rings is 1. The molecule has 5 heteroatoms. The summed E-state index contributed by atoms with van der Waals surface area (Å²) in [5.41, 5.74) is 6.26. The van der Waals surface area contributed by atoms with Crippen LogP contribution >= 0.6 is 12.2 Å². The van der Waals surface area contributed by atoms with Gasteiger partial charge in [-0.1, -0.05) is 6.07 Å². The van der Waals surface area contributed by atoms with E-state index in [1.165, 1.54) is 0 Å². The zero-order valence-corrected chi connectivity index (χ0v) is 10.0. The molecule has 0 aliphatic rings. The fourth-order valence-corrected chi connectivity index (χ4v) is 1.59. The van der Waals surface area contributed by atoms with Crippen molar-refractivity contribution in [1.29, 1.82) is 0 Å². The van der Waals surface area contributed by atoms with E-state index in [1.54, 1.807) is 6.20 Å². The smallest absolute Gasteiger partial charge is 0.163 e. The summed E-state index contributed by atoms with van der Waals surface area (Å²) in [6, 6.07) is 9.70. The molecular weight excluding hydrogens is 234 g/mol. The van der Waals surface area contributed by atoms with E-state index in [9.17, 15) is 0 Å². The van der Waals surface area contributed by atoms with Crippen LogP contribution in [0, 0.1) is 0 Å². The summed E-state index contributed by atoms with van der Waals surface area (Å²) in [5.74, 6) is 0.815. The van der Waals surface area contributed by atoms with Gasteiger partial charge in [0.1, 0.15) is 12.4 Å². The fraction of sp³-hybridized carbons (Fsp3) is 0.167. The van der Waals surface area contributed by atoms with Crippen LogP contribution in [0.1, 0.15) is 0 Å². The first-order chi connectivity index (χ1) is 8.25. The lowest BCUT2D eigenvalue weighted by atomic mass is 10.2. The van der Waals surface area contributed by atoms with Crippen LogP contribution in [0.4, 0.5) is 0 Å². The predicted molar refractivity (Wildman–Crippen MR) is 72.0 cm³/mol. The number of rotatable bonds is 4. The number of hydrogen-bond donors (Lipinski definition) is 2. The summed E-state index contributed by atoms with van der Waals surface area (Å²) in [6.07, 6.45) is 1.77. The molecule has 3 N–H and O–H groups in total. The summed E-state index contributed by atoms with van der Waals surface area (Å²) in [7, 11) is 0. The zero-order valence-electron chi connectivity index (χ0n) is 9.22. The molecule has 0 aliphatic heterocycles. The van der Waals surface area contributed by atoms with Gasteiger partial charge in [-0.2, -0.15) is 0 Å². The molecule has 0 aliphatic carbocycles. The number of pyridine rings is 1. The van der Waals surface area contributed by atoms with Gasteiger partial charge < -0.3 is 15.8 Å². The van der Waals surface area contributed by atoms with E-state index in [4.69, 9.17) is 22.7 Å². The molecule has 1 aromatic heterocycles. The SMILES string of the molecule is NC(=S)NCCOc1ccc2ncccc2c1. The molecule has 0 spiro atoms. The van der Waals surface area contributed by atoms with Gasteiger partial charge in [0.2, 0.25) is 0 Å². The Hall–Kier alpha value is -1.88. The number of nitrogens with zero attached hydrogens (tertiary/aromatic N) is 1. The Morgan fingerprint density at radius 3 is 3.12 bits per heavy atom. The predicted octanol–water partition coefficient (Wildman–Crippen LogP) is 1.45. The quantitative estimate of drug-likeness (QED) is 0.632. The monoisotopic (exact) mass is 247 g/mol. The van der Waals surface area contributed by atoms with Crippen LogP contribution in [-0.2, 0) is 0 Å². The molecule has 0 bridgehead atoms. The van der Waals surface area contributed by atoms with Crippen LogP contribution < -0.4 is 15.8 Å². The fourth-order valence-electron chi connectivity index (χ4n) is 1.49. The van der Waals surface area contributed by atoms with Crippen LogP contribution in [0.25, 0.3) is 10.9 Å². The average molecular weight is 247 g/mol. The molecular formula is C12H13N3OS. The van der Waals surface area contributed by atoms with Gasteiger partial charge in [-0.05, 0) is 36.5 Å². The second-order valence-corrected chi connectivity index (χ2v) is 3.94. The van der Waals surface area contributed by atoms with Crippen molar-refractivity contribution in [1.82, 2.24) is 10.3 Å². The highest BCUT2D eigenvalue weighted by Crippen LogP contribution is 2.18. The summed E-state index contributed by atoms with van der Waals surface area (Å²) >= 11 is 4.69. The van der Waals surface area contributed by atoms with E-state index < -0.39 is 0 Å². The maximum atomic E-state index is 5.56. The van der Waals surface area contributed by atoms with E-state index in [1.807, 2.05) is 30.3 Å². The van der Waals surface area contributed by atoms with E-state index in [2.05, 4.69) is 10.3 Å². The van der Waals surface area contributed by atoms with Gasteiger partial charge in [-0.15, -0.1) is 0 Å². The Morgan fingerprint density at radius 1 is 1.41 bits per heavy atom. The second-order valence-electron chi connectivity index (χ2n) is 3.50. The number of nitrogens with two attached hydrogens (primary N) is 1. The molecule has 2 aromatic rings. The van der Waals surface area contributed by atoms with Crippen LogP contribution in [0.15, 0.2) is 36.5 Å². The molecule has 0 amide bonds. The molecule has 0 saturated heterocycles. The number of hydrogen-bond acceptors (Lipinski definition) is 3. The Bertz CT molecular complexity index is 530. The number of nitrogens with one attached hydrogen (secondary N) is 1. The third kappa shape index (κ3) is 3.29. The lowest BCUT2D eigenvalue weighted by molar-refractivity contribution is 0.323. The van der Waals surface area contributed by atoms with Crippen LogP contribution in [0.2, 0.25) is 0 Å².